The first-order chi connectivity index (χ1) is 16.2. The number of hydrogen-bond acceptors (Lipinski definition) is 3. The third-order valence-electron chi connectivity index (χ3n) is 5.13. The van der Waals surface area contributed by atoms with Crippen LogP contribution in [0.3, 0.4) is 0 Å². The number of hydrogen-bond donors (Lipinski definition) is 2. The van der Waals surface area contributed by atoms with Crippen molar-refractivity contribution in [2.45, 2.75) is 25.4 Å². The smallest absolute Gasteiger partial charge is 0.329 e. The monoisotopic (exact) mass is 477 g/mol. The van der Waals surface area contributed by atoms with Crippen molar-refractivity contribution in [2.24, 2.45) is 0 Å². The van der Waals surface area contributed by atoms with E-state index in [0.29, 0.717) is 28.7 Å². The van der Waals surface area contributed by atoms with Gasteiger partial charge in [-0.15, -0.1) is 18.9 Å². The van der Waals surface area contributed by atoms with Crippen molar-refractivity contribution >= 4 is 16.8 Å². The first-order valence-electron chi connectivity index (χ1n) is 10.0. The van der Waals surface area contributed by atoms with E-state index in [1.54, 1.807) is 6.08 Å². The summed E-state index contributed by atoms with van der Waals surface area (Å²) in [6.07, 6.45) is 2.11. The van der Waals surface area contributed by atoms with Crippen molar-refractivity contribution in [3.63, 3.8) is 0 Å². The molecule has 2 N–H and O–H groups in total. The van der Waals surface area contributed by atoms with Crippen molar-refractivity contribution in [3.8, 4) is 0 Å². The molecular weight excluding hydrogens is 454 g/mol. The molecule has 0 bridgehead atoms. The first-order valence-corrected chi connectivity index (χ1v) is 10.0. The Morgan fingerprint density at radius 2 is 1.79 bits per heavy atom. The summed E-state index contributed by atoms with van der Waals surface area (Å²) in [4.78, 5) is 40.7. The van der Waals surface area contributed by atoms with E-state index < -0.39 is 57.4 Å². The molecule has 4 rings (SSSR count). The lowest BCUT2D eigenvalue weighted by molar-refractivity contribution is -0.124. The molecule has 6 nitrogen and oxygen atoms in total. The molecule has 10 heteroatoms. The van der Waals surface area contributed by atoms with Gasteiger partial charge in [0.1, 0.15) is 23.5 Å². The van der Waals surface area contributed by atoms with Gasteiger partial charge in [-0.1, -0.05) is 6.07 Å². The van der Waals surface area contributed by atoms with Gasteiger partial charge in [0.25, 0.3) is 5.56 Å². The van der Waals surface area contributed by atoms with Gasteiger partial charge in [0.05, 0.1) is 10.9 Å². The molecule has 34 heavy (non-hydrogen) atoms. The quantitative estimate of drug-likeness (QED) is 0.316. The van der Waals surface area contributed by atoms with Crippen molar-refractivity contribution in [3.05, 3.63) is 111 Å². The maximum Gasteiger partial charge on any atom is 0.329 e. The fraction of sp³-hybridized carbons (Fsp3) is 0.167. The topological polar surface area (TPSA) is 84.0 Å². The molecule has 1 amide bonds. The molecule has 1 atom stereocenters. The molecule has 0 spiro atoms. The summed E-state index contributed by atoms with van der Waals surface area (Å²) in [5.41, 5.74) is 0.886. The minimum atomic E-state index is -1.39. The normalized spacial score (nSPS) is 12.9. The number of carbonyl (C=O) groups is 1. The number of halogens is 4. The molecule has 1 aromatic heterocycles. The molecule has 180 valence electrons. The van der Waals surface area contributed by atoms with Gasteiger partial charge in [-0.05, 0) is 23.8 Å². The number of rotatable bonds is 6. The number of carbonyl (C=O) groups excluding carboxylic acids is 1. The molecule has 0 aliphatic heterocycles. The van der Waals surface area contributed by atoms with Crippen LogP contribution >= 0.6 is 0 Å². The molecule has 0 radical (unpaired) electrons. The molecule has 0 saturated carbocycles. The average Bonchev–Trinajstić information content (AvgIpc) is 2.76. The highest BCUT2D eigenvalue weighted by molar-refractivity contribution is 5.82. The largest absolute Gasteiger partial charge is 0.350 e. The van der Waals surface area contributed by atoms with Crippen LogP contribution in [0.25, 0.3) is 10.9 Å². The Labute approximate surface area is 193 Å². The van der Waals surface area contributed by atoms with Gasteiger partial charge in [-0.3, -0.25) is 9.59 Å². The van der Waals surface area contributed by atoms with Gasteiger partial charge in [-0.25, -0.2) is 26.9 Å². The second kappa shape index (κ2) is 10.2. The fourth-order valence-electron chi connectivity index (χ4n) is 3.43. The van der Waals surface area contributed by atoms with Gasteiger partial charge >= 0.3 is 5.69 Å². The molecule has 1 heterocycles. The molecule has 0 saturated heterocycles. The molecule has 1 aliphatic rings. The number of nitrogens with one attached hydrogen (secondary N) is 2. The number of benzene rings is 2. The molecule has 1 aliphatic carbocycles. The van der Waals surface area contributed by atoms with Gasteiger partial charge in [-0.2, -0.15) is 0 Å². The predicted octanol–water partition coefficient (Wildman–Crippen LogP) is 4.27. The lowest BCUT2D eigenvalue weighted by Gasteiger charge is -2.21. The van der Waals surface area contributed by atoms with Gasteiger partial charge in [0.2, 0.25) is 5.91 Å². The third-order valence-corrected chi connectivity index (χ3v) is 5.13. The number of aromatic amines is 1. The number of amides is 1. The van der Waals surface area contributed by atoms with Gasteiger partial charge in [0, 0.05) is 39.9 Å². The van der Waals surface area contributed by atoms with E-state index in [0.717, 1.165) is 18.2 Å². The minimum absolute atomic E-state index is 0. The Balaban J connectivity index is 0.00000158. The molecule has 0 fully saturated rings. The van der Waals surface area contributed by atoms with Crippen LogP contribution in [0.15, 0.2) is 70.5 Å². The van der Waals surface area contributed by atoms with Crippen LogP contribution < -0.4 is 16.6 Å². The highest BCUT2D eigenvalue weighted by Gasteiger charge is 2.27. The van der Waals surface area contributed by atoms with Crippen LogP contribution in [-0.2, 0) is 11.3 Å². The lowest BCUT2D eigenvalue weighted by atomic mass is 9.98. The summed E-state index contributed by atoms with van der Waals surface area (Å²) in [5, 5.41) is 1.98. The molecule has 3 aromatic rings. The Hall–Kier alpha value is -4.17. The molecule has 0 unspecified atom stereocenters. The zero-order valence-electron chi connectivity index (χ0n) is 17.8. The van der Waals surface area contributed by atoms with E-state index in [9.17, 15) is 31.9 Å². The molecule has 2 aromatic carbocycles. The summed E-state index contributed by atoms with van der Waals surface area (Å²) >= 11 is 0. The third kappa shape index (κ3) is 4.92. The van der Waals surface area contributed by atoms with E-state index in [4.69, 9.17) is 0 Å². The van der Waals surface area contributed by atoms with E-state index in [2.05, 4.69) is 29.2 Å². The number of nitrogens with zero attached hydrogens (tertiary/aromatic N) is 1. The van der Waals surface area contributed by atoms with Crippen LogP contribution in [0, 0.1) is 23.3 Å². The Kier molecular flexibility index (Phi) is 7.33. The van der Waals surface area contributed by atoms with E-state index in [1.807, 2.05) is 0 Å². The number of H-pyrrole nitrogens is 1. The van der Waals surface area contributed by atoms with E-state index >= 15 is 0 Å². The second-order valence-electron chi connectivity index (χ2n) is 7.25. The zero-order chi connectivity index (χ0) is 25.0. The Morgan fingerprint density at radius 3 is 2.41 bits per heavy atom. The van der Waals surface area contributed by atoms with Crippen molar-refractivity contribution in [1.29, 1.82) is 0 Å². The van der Waals surface area contributed by atoms with Crippen molar-refractivity contribution in [1.82, 2.24) is 14.9 Å². The van der Waals surface area contributed by atoms with Crippen LogP contribution in [-0.4, -0.2) is 15.5 Å². The average molecular weight is 477 g/mol. The van der Waals surface area contributed by atoms with Crippen LogP contribution in [0.2, 0.25) is 0 Å². The van der Waals surface area contributed by atoms with E-state index in [-0.39, 0.29) is 21.4 Å². The Bertz CT molecular complexity index is 1460. The van der Waals surface area contributed by atoms with Gasteiger partial charge in [0.15, 0.2) is 5.82 Å². The summed E-state index contributed by atoms with van der Waals surface area (Å²) in [6.45, 7) is 5.67. The Morgan fingerprint density at radius 1 is 1.12 bits per heavy atom. The highest BCUT2D eigenvalue weighted by Crippen LogP contribution is 2.23. The van der Waals surface area contributed by atoms with Crippen LogP contribution in [0.4, 0.5) is 17.6 Å². The summed E-state index contributed by atoms with van der Waals surface area (Å²) in [7, 11) is 0. The number of fused-ring (bicyclic) bond motifs is 1. The second-order valence-corrected chi connectivity index (χ2v) is 7.25. The minimum Gasteiger partial charge on any atom is -0.350 e. The number of allylic oxidation sites excluding steroid dienone is 1. The summed E-state index contributed by atoms with van der Waals surface area (Å²) < 4.78 is 55.3. The predicted molar refractivity (Wildman–Crippen MR) is 122 cm³/mol. The van der Waals surface area contributed by atoms with E-state index in [1.165, 1.54) is 0 Å². The summed E-state index contributed by atoms with van der Waals surface area (Å²) in [5.74, 6) is -4.62. The maximum atomic E-state index is 14.0. The maximum absolute atomic E-state index is 14.0. The lowest BCUT2D eigenvalue weighted by Crippen LogP contribution is -2.44. The van der Waals surface area contributed by atoms with Crippen LogP contribution in [0.1, 0.15) is 27.3 Å². The van der Waals surface area contributed by atoms with Crippen molar-refractivity contribution < 1.29 is 25.2 Å². The van der Waals surface area contributed by atoms with Gasteiger partial charge < -0.3 is 10.3 Å². The fourth-order valence-corrected chi connectivity index (χ4v) is 3.43. The standard InChI is InChI=1S/C22H15F4N3O3.C2H4.2H2/c23-13-5-4-12(16(25)8-13)10-27-20(30)18(6-11-2-1-3-11)29-21(31)15-7-14(24)9-17(26)19(15)28-22(29)32;1-2;;/h1,4-5,7-9,18H,2,6,10H2,(H,27,30)(H,28,32);1-2H2;2*1H/t18-;;;/m0.../s1. The zero-order valence-corrected chi connectivity index (χ0v) is 17.8. The summed E-state index contributed by atoms with van der Waals surface area (Å²) in [6, 6.07) is 2.73. The molecular formula is C24H23F4N3O3. The highest BCUT2D eigenvalue weighted by atomic mass is 19.1. The van der Waals surface area contributed by atoms with Crippen molar-refractivity contribution in [2.75, 3.05) is 0 Å². The van der Waals surface area contributed by atoms with Crippen LogP contribution in [0.5, 0.6) is 0 Å². The first kappa shape index (κ1) is 24.5. The SMILES string of the molecule is C=C.O=C(NCc1ccc(F)cc1F)[C@H](CC1=C=CC1)n1c(=O)[nH]c2c(F)cc(F)cc2c1=O.[HH].[HH]. The number of aromatic nitrogens is 2.